The number of rotatable bonds is 7. The van der Waals surface area contributed by atoms with Gasteiger partial charge in [-0.05, 0) is 43.9 Å². The summed E-state index contributed by atoms with van der Waals surface area (Å²) in [6.45, 7) is 7.05. The predicted molar refractivity (Wildman–Crippen MR) is 131 cm³/mol. The zero-order valence-electron chi connectivity index (χ0n) is 18.0. The van der Waals surface area contributed by atoms with Crippen molar-refractivity contribution in [1.82, 2.24) is 14.5 Å². The molecular formula is C21H35IN4O3S. The van der Waals surface area contributed by atoms with Crippen molar-refractivity contribution >= 4 is 40.0 Å². The molecule has 0 amide bonds. The van der Waals surface area contributed by atoms with Gasteiger partial charge in [0.15, 0.2) is 5.96 Å². The monoisotopic (exact) mass is 550 g/mol. The topological polar surface area (TPSA) is 74.2 Å². The zero-order chi connectivity index (χ0) is 20.7. The highest BCUT2D eigenvalue weighted by Crippen LogP contribution is 2.21. The van der Waals surface area contributed by atoms with Gasteiger partial charge < -0.3 is 15.0 Å². The van der Waals surface area contributed by atoms with E-state index in [-0.39, 0.29) is 24.0 Å². The molecule has 2 aliphatic heterocycles. The van der Waals surface area contributed by atoms with Crippen molar-refractivity contribution in [2.75, 3.05) is 46.4 Å². The van der Waals surface area contributed by atoms with Crippen LogP contribution in [-0.2, 0) is 21.3 Å². The lowest BCUT2D eigenvalue weighted by atomic mass is 10.1. The Balaban J connectivity index is 0.00000320. The predicted octanol–water partition coefficient (Wildman–Crippen LogP) is 2.91. The maximum Gasteiger partial charge on any atom is 0.243 e. The number of aliphatic imine (C=N–C) groups is 1. The number of hydrogen-bond donors (Lipinski definition) is 1. The Morgan fingerprint density at radius 1 is 1.30 bits per heavy atom. The molecule has 1 N–H and O–H groups in total. The van der Waals surface area contributed by atoms with E-state index in [9.17, 15) is 8.42 Å². The lowest BCUT2D eigenvalue weighted by molar-refractivity contribution is 0.181. The van der Waals surface area contributed by atoms with Crippen LogP contribution in [0.2, 0.25) is 0 Å². The van der Waals surface area contributed by atoms with Gasteiger partial charge in [-0.1, -0.05) is 18.6 Å². The minimum atomic E-state index is -3.42. The van der Waals surface area contributed by atoms with E-state index < -0.39 is 10.0 Å². The van der Waals surface area contributed by atoms with Crippen LogP contribution in [-0.4, -0.2) is 70.0 Å². The summed E-state index contributed by atoms with van der Waals surface area (Å²) in [6, 6.07) is 7.21. The van der Waals surface area contributed by atoms with Gasteiger partial charge in [0, 0.05) is 45.8 Å². The van der Waals surface area contributed by atoms with Crippen LogP contribution in [0.15, 0.2) is 34.2 Å². The Bertz CT molecular complexity index is 791. The Morgan fingerprint density at radius 3 is 2.73 bits per heavy atom. The summed E-state index contributed by atoms with van der Waals surface area (Å²) in [5, 5.41) is 3.33. The third kappa shape index (κ3) is 6.80. The largest absolute Gasteiger partial charge is 0.381 e. The maximum atomic E-state index is 12.9. The van der Waals surface area contributed by atoms with E-state index in [0.717, 1.165) is 63.5 Å². The smallest absolute Gasteiger partial charge is 0.243 e. The molecule has 0 saturated carbocycles. The number of guanidine groups is 1. The zero-order valence-corrected chi connectivity index (χ0v) is 21.2. The van der Waals surface area contributed by atoms with Crippen LogP contribution in [0.5, 0.6) is 0 Å². The van der Waals surface area contributed by atoms with Crippen molar-refractivity contribution in [3.63, 3.8) is 0 Å². The molecule has 0 bridgehead atoms. The first kappa shape index (κ1) is 25.4. The number of nitrogens with zero attached hydrogens (tertiary/aromatic N) is 3. The molecule has 1 aromatic rings. The first-order valence-electron chi connectivity index (χ1n) is 10.7. The van der Waals surface area contributed by atoms with Crippen LogP contribution < -0.4 is 5.32 Å². The molecule has 7 nitrogen and oxygen atoms in total. The highest BCUT2D eigenvalue weighted by molar-refractivity contribution is 14.0. The fourth-order valence-corrected chi connectivity index (χ4v) is 5.48. The van der Waals surface area contributed by atoms with Crippen LogP contribution in [0.1, 0.15) is 38.2 Å². The normalized spacial score (nSPS) is 20.6. The lowest BCUT2D eigenvalue weighted by Gasteiger charge is -2.26. The number of halogens is 1. The van der Waals surface area contributed by atoms with Crippen molar-refractivity contribution in [1.29, 1.82) is 0 Å². The van der Waals surface area contributed by atoms with Crippen molar-refractivity contribution in [2.24, 2.45) is 10.9 Å². The first-order chi connectivity index (χ1) is 14.0. The molecule has 2 heterocycles. The second-order valence-electron chi connectivity index (χ2n) is 7.89. The van der Waals surface area contributed by atoms with Crippen molar-refractivity contribution in [2.45, 2.75) is 44.0 Å². The molecule has 0 aromatic heterocycles. The van der Waals surface area contributed by atoms with Gasteiger partial charge in [0.2, 0.25) is 10.0 Å². The fourth-order valence-electron chi connectivity index (χ4n) is 3.90. The van der Waals surface area contributed by atoms with Crippen LogP contribution in [0, 0.1) is 5.92 Å². The molecule has 30 heavy (non-hydrogen) atoms. The number of sulfonamides is 1. The molecule has 1 unspecified atom stereocenters. The van der Waals surface area contributed by atoms with Crippen LogP contribution in [0.3, 0.4) is 0 Å². The SMILES string of the molecule is CCNC(=NCc1cccc(S(=O)(=O)N2CCCCC2)c1)N(C)CC1CCOC1.I. The third-order valence-electron chi connectivity index (χ3n) is 5.52. The van der Waals surface area contributed by atoms with Gasteiger partial charge in [0.05, 0.1) is 18.0 Å². The molecule has 9 heteroatoms. The molecule has 1 atom stereocenters. The van der Waals surface area contributed by atoms with E-state index in [1.54, 1.807) is 16.4 Å². The maximum absolute atomic E-state index is 12.9. The van der Waals surface area contributed by atoms with Gasteiger partial charge in [0.1, 0.15) is 0 Å². The average molecular weight is 551 g/mol. The summed E-state index contributed by atoms with van der Waals surface area (Å²) in [6.07, 6.45) is 4.07. The molecule has 1 aromatic carbocycles. The van der Waals surface area contributed by atoms with E-state index >= 15 is 0 Å². The van der Waals surface area contributed by atoms with Crippen molar-refractivity contribution in [3.8, 4) is 0 Å². The van der Waals surface area contributed by atoms with Gasteiger partial charge in [-0.25, -0.2) is 13.4 Å². The third-order valence-corrected chi connectivity index (χ3v) is 7.41. The van der Waals surface area contributed by atoms with E-state index in [2.05, 4.69) is 10.2 Å². The van der Waals surface area contributed by atoms with Crippen LogP contribution in [0.4, 0.5) is 0 Å². The molecule has 0 spiro atoms. The Morgan fingerprint density at radius 2 is 2.07 bits per heavy atom. The Hall–Kier alpha value is -0.910. The minimum absolute atomic E-state index is 0. The van der Waals surface area contributed by atoms with Gasteiger partial charge in [-0.2, -0.15) is 4.31 Å². The molecule has 2 aliphatic rings. The highest BCUT2D eigenvalue weighted by Gasteiger charge is 2.26. The van der Waals surface area contributed by atoms with Crippen molar-refractivity contribution in [3.05, 3.63) is 29.8 Å². The fraction of sp³-hybridized carbons (Fsp3) is 0.667. The first-order valence-corrected chi connectivity index (χ1v) is 12.1. The molecular weight excluding hydrogens is 515 g/mol. The highest BCUT2D eigenvalue weighted by atomic mass is 127. The molecule has 2 fully saturated rings. The van der Waals surface area contributed by atoms with Gasteiger partial charge in [0.25, 0.3) is 0 Å². The molecule has 0 radical (unpaired) electrons. The number of benzene rings is 1. The molecule has 170 valence electrons. The number of ether oxygens (including phenoxy) is 1. The molecule has 2 saturated heterocycles. The molecule has 0 aliphatic carbocycles. The van der Waals surface area contributed by atoms with E-state index in [4.69, 9.17) is 9.73 Å². The van der Waals surface area contributed by atoms with Crippen LogP contribution >= 0.6 is 24.0 Å². The summed E-state index contributed by atoms with van der Waals surface area (Å²) < 4.78 is 33.0. The average Bonchev–Trinajstić information content (AvgIpc) is 3.25. The Labute approximate surface area is 198 Å². The van der Waals surface area contributed by atoms with E-state index in [1.165, 1.54) is 0 Å². The van der Waals surface area contributed by atoms with Crippen molar-refractivity contribution < 1.29 is 13.2 Å². The van der Waals surface area contributed by atoms with Crippen LogP contribution in [0.25, 0.3) is 0 Å². The number of hydrogen-bond acceptors (Lipinski definition) is 4. The van der Waals surface area contributed by atoms with E-state index in [0.29, 0.717) is 30.4 Å². The summed E-state index contributed by atoms with van der Waals surface area (Å²) in [5.74, 6) is 1.37. The summed E-state index contributed by atoms with van der Waals surface area (Å²) in [4.78, 5) is 7.25. The standard InChI is InChI=1S/C21H34N4O3S.HI/c1-3-22-21(24(2)16-19-10-13-28-17-19)23-15-18-8-7-9-20(14-18)29(26,27)25-11-5-4-6-12-25;/h7-9,14,19H,3-6,10-13,15-17H2,1-2H3,(H,22,23);1H. The minimum Gasteiger partial charge on any atom is -0.381 e. The second-order valence-corrected chi connectivity index (χ2v) is 9.83. The van der Waals surface area contributed by atoms with Gasteiger partial charge >= 0.3 is 0 Å². The second kappa shape index (κ2) is 12.2. The van der Waals surface area contributed by atoms with E-state index in [1.807, 2.05) is 26.1 Å². The summed E-state index contributed by atoms with van der Waals surface area (Å²) in [5.41, 5.74) is 0.899. The molecule has 3 rings (SSSR count). The lowest BCUT2D eigenvalue weighted by Crippen LogP contribution is -2.41. The summed E-state index contributed by atoms with van der Waals surface area (Å²) in [7, 11) is -1.38. The summed E-state index contributed by atoms with van der Waals surface area (Å²) >= 11 is 0. The Kier molecular flexibility index (Phi) is 10.3. The number of piperidine rings is 1. The number of nitrogens with one attached hydrogen (secondary N) is 1. The quantitative estimate of drug-likeness (QED) is 0.321. The van der Waals surface area contributed by atoms with Gasteiger partial charge in [-0.15, -0.1) is 24.0 Å². The van der Waals surface area contributed by atoms with Gasteiger partial charge in [-0.3, -0.25) is 0 Å².